The van der Waals surface area contributed by atoms with Crippen molar-refractivity contribution in [2.75, 3.05) is 13.7 Å². The molecule has 1 aromatic heterocycles. The first kappa shape index (κ1) is 17.3. The Kier molecular flexibility index (Phi) is 6.59. The molecule has 6 nitrogen and oxygen atoms in total. The van der Waals surface area contributed by atoms with Crippen LogP contribution in [0.2, 0.25) is 0 Å². The van der Waals surface area contributed by atoms with E-state index in [1.54, 1.807) is 30.6 Å². The number of nitrogens with one attached hydrogen (secondary N) is 1. The van der Waals surface area contributed by atoms with E-state index in [4.69, 9.17) is 14.7 Å². The van der Waals surface area contributed by atoms with E-state index in [0.717, 1.165) is 5.56 Å². The van der Waals surface area contributed by atoms with Gasteiger partial charge in [0.1, 0.15) is 0 Å². The predicted molar refractivity (Wildman–Crippen MR) is 88.5 cm³/mol. The van der Waals surface area contributed by atoms with Gasteiger partial charge in [0.25, 0.3) is 0 Å². The largest absolute Gasteiger partial charge is 0.493 e. The van der Waals surface area contributed by atoms with Gasteiger partial charge in [0.15, 0.2) is 11.5 Å². The topological polar surface area (TPSA) is 84.2 Å². The van der Waals surface area contributed by atoms with Crippen molar-refractivity contribution in [2.45, 2.75) is 19.4 Å². The number of methoxy groups -OCH3 is 1. The fourth-order valence-corrected chi connectivity index (χ4v) is 2.06. The highest BCUT2D eigenvalue weighted by Crippen LogP contribution is 2.27. The van der Waals surface area contributed by atoms with Crippen LogP contribution in [0, 0.1) is 11.3 Å². The second-order valence-electron chi connectivity index (χ2n) is 5.07. The summed E-state index contributed by atoms with van der Waals surface area (Å²) in [4.78, 5) is 15.8. The lowest BCUT2D eigenvalue weighted by Gasteiger charge is -2.11. The van der Waals surface area contributed by atoms with Crippen molar-refractivity contribution in [3.05, 3.63) is 53.9 Å². The summed E-state index contributed by atoms with van der Waals surface area (Å²) in [5.41, 5.74) is 1.47. The van der Waals surface area contributed by atoms with E-state index < -0.39 is 0 Å². The first-order valence-electron chi connectivity index (χ1n) is 7.59. The Labute approximate surface area is 141 Å². The zero-order valence-electron chi connectivity index (χ0n) is 13.5. The highest BCUT2D eigenvalue weighted by Gasteiger charge is 2.07. The first-order chi connectivity index (χ1) is 11.7. The van der Waals surface area contributed by atoms with Crippen molar-refractivity contribution in [1.82, 2.24) is 10.3 Å². The van der Waals surface area contributed by atoms with E-state index in [-0.39, 0.29) is 5.91 Å². The van der Waals surface area contributed by atoms with E-state index in [1.807, 2.05) is 18.2 Å². The maximum atomic E-state index is 11.8. The van der Waals surface area contributed by atoms with Crippen LogP contribution >= 0.6 is 0 Å². The normalized spacial score (nSPS) is 9.83. The van der Waals surface area contributed by atoms with Crippen LogP contribution in [0.1, 0.15) is 24.0 Å². The summed E-state index contributed by atoms with van der Waals surface area (Å²) in [6, 6.07) is 10.8. The summed E-state index contributed by atoms with van der Waals surface area (Å²) in [6.07, 6.45) is 4.38. The summed E-state index contributed by atoms with van der Waals surface area (Å²) in [6.45, 7) is 0.861. The molecule has 1 aromatic carbocycles. The molecule has 1 N–H and O–H groups in total. The van der Waals surface area contributed by atoms with Crippen molar-refractivity contribution in [3.63, 3.8) is 0 Å². The third-order valence-electron chi connectivity index (χ3n) is 3.31. The molecule has 0 fully saturated rings. The Morgan fingerprint density at radius 1 is 1.33 bits per heavy atom. The molecule has 24 heavy (non-hydrogen) atoms. The number of benzene rings is 1. The van der Waals surface area contributed by atoms with Gasteiger partial charge in [0, 0.05) is 31.4 Å². The number of aromatic nitrogens is 1. The number of rotatable bonds is 8. The number of hydrogen-bond acceptors (Lipinski definition) is 5. The smallest absolute Gasteiger partial charge is 0.220 e. The van der Waals surface area contributed by atoms with Crippen molar-refractivity contribution in [3.8, 4) is 17.6 Å². The molecule has 0 bridgehead atoms. The lowest BCUT2D eigenvalue weighted by Crippen LogP contribution is -2.23. The number of carbonyl (C=O) groups excluding carboxylic acids is 1. The molecule has 0 radical (unpaired) electrons. The molecule has 0 aliphatic carbocycles. The maximum Gasteiger partial charge on any atom is 0.220 e. The Hall–Kier alpha value is -3.07. The van der Waals surface area contributed by atoms with Crippen LogP contribution in [0.3, 0.4) is 0 Å². The lowest BCUT2D eigenvalue weighted by atomic mass is 10.2. The second kappa shape index (κ2) is 9.16. The fourth-order valence-electron chi connectivity index (χ4n) is 2.06. The first-order valence-corrected chi connectivity index (χ1v) is 7.59. The van der Waals surface area contributed by atoms with E-state index in [2.05, 4.69) is 10.3 Å². The summed E-state index contributed by atoms with van der Waals surface area (Å²) in [7, 11) is 1.52. The number of amides is 1. The molecule has 6 heteroatoms. The van der Waals surface area contributed by atoms with Crippen molar-refractivity contribution >= 4 is 5.91 Å². The summed E-state index contributed by atoms with van der Waals surface area (Å²) >= 11 is 0. The molecule has 0 atom stereocenters. The molecule has 0 aliphatic rings. The molecule has 2 rings (SSSR count). The van der Waals surface area contributed by atoms with E-state index >= 15 is 0 Å². The zero-order chi connectivity index (χ0) is 17.2. The monoisotopic (exact) mass is 325 g/mol. The third-order valence-corrected chi connectivity index (χ3v) is 3.31. The molecule has 1 heterocycles. The Morgan fingerprint density at radius 2 is 2.21 bits per heavy atom. The molecule has 2 aromatic rings. The number of pyridine rings is 1. The SMILES string of the molecule is COc1cc(C#N)ccc1OCCCC(=O)NCc1cccnc1. The van der Waals surface area contributed by atoms with Crippen molar-refractivity contribution in [1.29, 1.82) is 5.26 Å². The Balaban J connectivity index is 1.71. The third kappa shape index (κ3) is 5.29. The van der Waals surface area contributed by atoms with Crippen LogP contribution in [0.25, 0.3) is 0 Å². The van der Waals surface area contributed by atoms with Gasteiger partial charge in [-0.25, -0.2) is 0 Å². The van der Waals surface area contributed by atoms with E-state index in [9.17, 15) is 4.79 Å². The number of nitriles is 1. The van der Waals surface area contributed by atoms with Crippen molar-refractivity contribution in [2.24, 2.45) is 0 Å². The molecule has 0 unspecified atom stereocenters. The van der Waals surface area contributed by atoms with E-state index in [0.29, 0.717) is 43.1 Å². The summed E-state index contributed by atoms with van der Waals surface area (Å²) in [5.74, 6) is 1.04. The van der Waals surface area contributed by atoms with Crippen LogP contribution < -0.4 is 14.8 Å². The highest BCUT2D eigenvalue weighted by molar-refractivity contribution is 5.75. The molecule has 0 spiro atoms. The van der Waals surface area contributed by atoms with Crippen LogP contribution in [-0.4, -0.2) is 24.6 Å². The predicted octanol–water partition coefficient (Wildman–Crippen LogP) is 2.44. The second-order valence-corrected chi connectivity index (χ2v) is 5.07. The van der Waals surface area contributed by atoms with Crippen LogP contribution in [0.15, 0.2) is 42.7 Å². The number of nitrogens with zero attached hydrogens (tertiary/aromatic N) is 2. The average molecular weight is 325 g/mol. The van der Waals surface area contributed by atoms with Gasteiger partial charge in [-0.3, -0.25) is 9.78 Å². The quantitative estimate of drug-likeness (QED) is 0.754. The Morgan fingerprint density at radius 3 is 2.92 bits per heavy atom. The highest BCUT2D eigenvalue weighted by atomic mass is 16.5. The van der Waals surface area contributed by atoms with Gasteiger partial charge in [-0.15, -0.1) is 0 Å². The number of carbonyl (C=O) groups is 1. The molecular formula is C18H19N3O3. The lowest BCUT2D eigenvalue weighted by molar-refractivity contribution is -0.121. The minimum Gasteiger partial charge on any atom is -0.493 e. The maximum absolute atomic E-state index is 11.8. The standard InChI is InChI=1S/C18H19N3O3/c1-23-17-10-14(11-19)6-7-16(17)24-9-3-5-18(22)21-13-15-4-2-8-20-12-15/h2,4,6-8,10,12H,3,5,9,13H2,1H3,(H,21,22). The van der Waals surface area contributed by atoms with Gasteiger partial charge in [-0.1, -0.05) is 6.07 Å². The van der Waals surface area contributed by atoms with Gasteiger partial charge in [0.05, 0.1) is 25.3 Å². The fraction of sp³-hybridized carbons (Fsp3) is 0.278. The average Bonchev–Trinajstić information content (AvgIpc) is 2.64. The van der Waals surface area contributed by atoms with Gasteiger partial charge in [-0.2, -0.15) is 5.26 Å². The molecule has 124 valence electrons. The van der Waals surface area contributed by atoms with Crippen molar-refractivity contribution < 1.29 is 14.3 Å². The Bertz CT molecular complexity index is 711. The van der Waals surface area contributed by atoms with Gasteiger partial charge in [0.2, 0.25) is 5.91 Å². The minimum absolute atomic E-state index is 0.0331. The molecule has 0 aliphatic heterocycles. The molecule has 0 saturated carbocycles. The number of ether oxygens (including phenoxy) is 2. The minimum atomic E-state index is -0.0331. The number of hydrogen-bond donors (Lipinski definition) is 1. The summed E-state index contributed by atoms with van der Waals surface area (Å²) < 4.78 is 10.8. The van der Waals surface area contributed by atoms with Crippen LogP contribution in [-0.2, 0) is 11.3 Å². The van der Waals surface area contributed by atoms with Gasteiger partial charge in [-0.05, 0) is 30.2 Å². The summed E-state index contributed by atoms with van der Waals surface area (Å²) in [5, 5.41) is 11.7. The van der Waals surface area contributed by atoms with E-state index in [1.165, 1.54) is 7.11 Å². The zero-order valence-corrected chi connectivity index (χ0v) is 13.5. The molecule has 1 amide bonds. The molecule has 0 saturated heterocycles. The van der Waals surface area contributed by atoms with Crippen LogP contribution in [0.5, 0.6) is 11.5 Å². The van der Waals surface area contributed by atoms with Gasteiger partial charge < -0.3 is 14.8 Å². The molecular weight excluding hydrogens is 306 g/mol. The van der Waals surface area contributed by atoms with Gasteiger partial charge >= 0.3 is 0 Å². The van der Waals surface area contributed by atoms with Crippen LogP contribution in [0.4, 0.5) is 0 Å².